The van der Waals surface area contributed by atoms with Crippen LogP contribution in [0.4, 0.5) is 23.2 Å². The molecule has 0 aliphatic carbocycles. The van der Waals surface area contributed by atoms with Gasteiger partial charge >= 0.3 is 12.1 Å². The van der Waals surface area contributed by atoms with E-state index in [0.29, 0.717) is 18.6 Å². The second-order valence-electron chi connectivity index (χ2n) is 5.19. The maximum atomic E-state index is 13.3. The van der Waals surface area contributed by atoms with E-state index in [1.807, 2.05) is 0 Å². The Morgan fingerprint density at radius 3 is 2.52 bits per heavy atom. The minimum atomic E-state index is -4.69. The Kier molecular flexibility index (Phi) is 7.06. The summed E-state index contributed by atoms with van der Waals surface area (Å²) in [5.41, 5.74) is -1.36. The number of hydrogen-bond donors (Lipinski definition) is 2. The highest BCUT2D eigenvalue weighted by molar-refractivity contribution is 5.77. The van der Waals surface area contributed by atoms with E-state index in [0.717, 1.165) is 25.3 Å². The van der Waals surface area contributed by atoms with Gasteiger partial charge in [-0.15, -0.1) is 6.58 Å². The van der Waals surface area contributed by atoms with Crippen molar-refractivity contribution in [3.8, 4) is 0 Å². The second-order valence-corrected chi connectivity index (χ2v) is 5.19. The van der Waals surface area contributed by atoms with Crippen LogP contribution in [0.25, 0.3) is 0 Å². The van der Waals surface area contributed by atoms with Gasteiger partial charge in [-0.2, -0.15) is 13.2 Å². The molecule has 0 amide bonds. The number of nitrogens with one attached hydrogen (secondary N) is 1. The predicted octanol–water partition coefficient (Wildman–Crippen LogP) is 4.85. The van der Waals surface area contributed by atoms with Crippen molar-refractivity contribution in [2.45, 2.75) is 44.3 Å². The van der Waals surface area contributed by atoms with Crippen molar-refractivity contribution in [1.29, 1.82) is 0 Å². The first kappa shape index (κ1) is 19.0. The van der Waals surface area contributed by atoms with Gasteiger partial charge in [0.2, 0.25) is 0 Å². The van der Waals surface area contributed by atoms with Crippen LogP contribution in [0.2, 0.25) is 0 Å². The standard InChI is InChI=1S/C16H19F4NO2/c1-2-3-4-5-6-7-14(15(22)23)21-13-9-11(16(18,19)20)8-12(17)10-13/h2,8-10,14,21H,1,3-7H2,(H,22,23)/t14-/m0/s1. The molecule has 2 N–H and O–H groups in total. The fraction of sp³-hybridized carbons (Fsp3) is 0.438. The number of carboxylic acid groups (broad SMARTS) is 1. The van der Waals surface area contributed by atoms with E-state index in [4.69, 9.17) is 5.11 Å². The molecule has 1 rings (SSSR count). The highest BCUT2D eigenvalue weighted by Gasteiger charge is 2.31. The number of carboxylic acids is 1. The minimum Gasteiger partial charge on any atom is -0.480 e. The fourth-order valence-electron chi connectivity index (χ4n) is 2.11. The Hall–Kier alpha value is -2.05. The van der Waals surface area contributed by atoms with Gasteiger partial charge in [-0.1, -0.05) is 18.9 Å². The van der Waals surface area contributed by atoms with E-state index < -0.39 is 29.6 Å². The Balaban J connectivity index is 2.74. The van der Waals surface area contributed by atoms with Gasteiger partial charge in [-0.25, -0.2) is 9.18 Å². The largest absolute Gasteiger partial charge is 0.480 e. The molecule has 128 valence electrons. The van der Waals surface area contributed by atoms with Gasteiger partial charge < -0.3 is 10.4 Å². The average Bonchev–Trinajstić information content (AvgIpc) is 2.44. The van der Waals surface area contributed by atoms with Crippen molar-refractivity contribution in [3.63, 3.8) is 0 Å². The third-order valence-electron chi connectivity index (χ3n) is 3.27. The molecule has 0 aromatic heterocycles. The molecule has 23 heavy (non-hydrogen) atoms. The highest BCUT2D eigenvalue weighted by Crippen LogP contribution is 2.32. The van der Waals surface area contributed by atoms with Gasteiger partial charge in [0.1, 0.15) is 11.9 Å². The number of halogens is 4. The highest BCUT2D eigenvalue weighted by atomic mass is 19.4. The lowest BCUT2D eigenvalue weighted by atomic mass is 10.1. The number of benzene rings is 1. The van der Waals surface area contributed by atoms with Crippen LogP contribution < -0.4 is 5.32 Å². The van der Waals surface area contributed by atoms with E-state index in [2.05, 4.69) is 11.9 Å². The van der Waals surface area contributed by atoms with Crippen molar-refractivity contribution in [3.05, 3.63) is 42.2 Å². The van der Waals surface area contributed by atoms with Crippen molar-refractivity contribution in [2.24, 2.45) is 0 Å². The first-order chi connectivity index (χ1) is 10.7. The first-order valence-electron chi connectivity index (χ1n) is 7.22. The molecule has 1 aromatic rings. The molecule has 0 saturated heterocycles. The summed E-state index contributed by atoms with van der Waals surface area (Å²) in [5, 5.41) is 11.6. The third-order valence-corrected chi connectivity index (χ3v) is 3.27. The third kappa shape index (κ3) is 6.71. The molecule has 7 heteroatoms. The number of unbranched alkanes of at least 4 members (excludes halogenated alkanes) is 3. The van der Waals surface area contributed by atoms with E-state index in [9.17, 15) is 22.4 Å². The van der Waals surface area contributed by atoms with Crippen LogP contribution >= 0.6 is 0 Å². The zero-order valence-corrected chi connectivity index (χ0v) is 12.5. The molecule has 0 fully saturated rings. The van der Waals surface area contributed by atoms with Crippen LogP contribution in [0.5, 0.6) is 0 Å². The van der Waals surface area contributed by atoms with Crippen LogP contribution in [0.1, 0.15) is 37.7 Å². The molecule has 1 aromatic carbocycles. The Morgan fingerprint density at radius 2 is 1.96 bits per heavy atom. The SMILES string of the molecule is C=CCCCCC[C@H](Nc1cc(F)cc(C(F)(F)F)c1)C(=O)O. The molecule has 0 radical (unpaired) electrons. The number of alkyl halides is 3. The maximum absolute atomic E-state index is 13.3. The second kappa shape index (κ2) is 8.55. The molecule has 0 aliphatic heterocycles. The van der Waals surface area contributed by atoms with Gasteiger partial charge in [0.15, 0.2) is 0 Å². The van der Waals surface area contributed by atoms with Crippen LogP contribution in [-0.2, 0) is 11.0 Å². The van der Waals surface area contributed by atoms with E-state index >= 15 is 0 Å². The minimum absolute atomic E-state index is 0.198. The van der Waals surface area contributed by atoms with Crippen molar-refractivity contribution >= 4 is 11.7 Å². The number of rotatable bonds is 9. The lowest BCUT2D eigenvalue weighted by molar-refractivity contribution is -0.138. The topological polar surface area (TPSA) is 49.3 Å². The molecule has 0 spiro atoms. The number of allylic oxidation sites excluding steroid dienone is 1. The van der Waals surface area contributed by atoms with Gasteiger partial charge in [-0.05, 0) is 37.5 Å². The Bertz CT molecular complexity index is 543. The molecule has 0 unspecified atom stereocenters. The summed E-state index contributed by atoms with van der Waals surface area (Å²) in [6, 6.07) is 0.859. The van der Waals surface area contributed by atoms with Crippen molar-refractivity contribution in [2.75, 3.05) is 5.32 Å². The van der Waals surface area contributed by atoms with Gasteiger partial charge in [0.25, 0.3) is 0 Å². The molecule has 3 nitrogen and oxygen atoms in total. The van der Waals surface area contributed by atoms with E-state index in [1.165, 1.54) is 0 Å². The molecule has 1 atom stereocenters. The monoisotopic (exact) mass is 333 g/mol. The smallest absolute Gasteiger partial charge is 0.416 e. The summed E-state index contributed by atoms with van der Waals surface area (Å²) in [6.07, 6.45) is 0.385. The van der Waals surface area contributed by atoms with E-state index in [-0.39, 0.29) is 12.1 Å². The predicted molar refractivity (Wildman–Crippen MR) is 79.7 cm³/mol. The number of hydrogen-bond acceptors (Lipinski definition) is 2. The van der Waals surface area contributed by atoms with Crippen molar-refractivity contribution in [1.82, 2.24) is 0 Å². The summed E-state index contributed by atoms with van der Waals surface area (Å²) >= 11 is 0. The summed E-state index contributed by atoms with van der Waals surface area (Å²) < 4.78 is 51.2. The quantitative estimate of drug-likeness (QED) is 0.386. The van der Waals surface area contributed by atoms with Gasteiger partial charge in [0, 0.05) is 5.69 Å². The number of anilines is 1. The van der Waals surface area contributed by atoms with Crippen LogP contribution in [-0.4, -0.2) is 17.1 Å². The van der Waals surface area contributed by atoms with E-state index in [1.54, 1.807) is 6.08 Å². The molecule has 0 aliphatic rings. The fourth-order valence-corrected chi connectivity index (χ4v) is 2.11. The number of aliphatic carboxylic acids is 1. The summed E-state index contributed by atoms with van der Waals surface area (Å²) in [4.78, 5) is 11.2. The molecule has 0 saturated carbocycles. The van der Waals surface area contributed by atoms with Gasteiger partial charge in [-0.3, -0.25) is 0 Å². The Morgan fingerprint density at radius 1 is 1.26 bits per heavy atom. The summed E-state index contributed by atoms with van der Waals surface area (Å²) in [6.45, 7) is 3.58. The molecule has 0 heterocycles. The van der Waals surface area contributed by atoms with Gasteiger partial charge in [0.05, 0.1) is 5.56 Å². The summed E-state index contributed by atoms with van der Waals surface area (Å²) in [5.74, 6) is -2.26. The molecule has 0 bridgehead atoms. The molecular weight excluding hydrogens is 314 g/mol. The summed E-state index contributed by atoms with van der Waals surface area (Å²) in [7, 11) is 0. The van der Waals surface area contributed by atoms with Crippen molar-refractivity contribution < 1.29 is 27.5 Å². The number of carbonyl (C=O) groups is 1. The lowest BCUT2D eigenvalue weighted by Crippen LogP contribution is -2.29. The Labute approximate surface area is 132 Å². The van der Waals surface area contributed by atoms with Crippen LogP contribution in [0.3, 0.4) is 0 Å². The lowest BCUT2D eigenvalue weighted by Gasteiger charge is -2.17. The first-order valence-corrected chi connectivity index (χ1v) is 7.22. The molecular formula is C16H19F4NO2. The maximum Gasteiger partial charge on any atom is 0.416 e. The van der Waals surface area contributed by atoms with Crippen LogP contribution in [0.15, 0.2) is 30.9 Å². The zero-order valence-electron chi connectivity index (χ0n) is 12.5. The zero-order chi connectivity index (χ0) is 17.5. The normalized spacial score (nSPS) is 12.7. The average molecular weight is 333 g/mol. The van der Waals surface area contributed by atoms with Crippen LogP contribution in [0, 0.1) is 5.82 Å².